The van der Waals surface area contributed by atoms with E-state index in [0.717, 1.165) is 29.6 Å². The van der Waals surface area contributed by atoms with Gasteiger partial charge in [-0.2, -0.15) is 5.10 Å². The average Bonchev–Trinajstić information content (AvgIpc) is 3.30. The van der Waals surface area contributed by atoms with E-state index in [1.807, 2.05) is 36.3 Å². The Labute approximate surface area is 163 Å². The molecular weight excluding hydrogens is 364 g/mol. The zero-order valence-electron chi connectivity index (χ0n) is 15.5. The number of carbonyl (C=O) groups is 1. The number of aliphatic imine (C=N–C) groups is 1. The van der Waals surface area contributed by atoms with Crippen LogP contribution in [-0.4, -0.2) is 59.3 Å². The molecule has 2 atom stereocenters. The molecule has 4 rings (SSSR count). The number of hydrogen-bond acceptors (Lipinski definition) is 3. The summed E-state index contributed by atoms with van der Waals surface area (Å²) >= 11 is 6.10. The molecule has 2 fully saturated rings. The maximum absolute atomic E-state index is 12.6. The highest BCUT2D eigenvalue weighted by Gasteiger charge is 2.40. The molecule has 0 spiro atoms. The van der Waals surface area contributed by atoms with Crippen LogP contribution in [0.2, 0.25) is 5.02 Å². The lowest BCUT2D eigenvalue weighted by atomic mass is 10.1. The minimum absolute atomic E-state index is 0.0550. The number of halogens is 1. The number of aromatic nitrogens is 2. The predicted octanol–water partition coefficient (Wildman–Crippen LogP) is 1.85. The van der Waals surface area contributed by atoms with Gasteiger partial charge < -0.3 is 15.1 Å². The van der Waals surface area contributed by atoms with E-state index in [1.54, 1.807) is 22.8 Å². The van der Waals surface area contributed by atoms with Gasteiger partial charge in [-0.15, -0.1) is 0 Å². The average molecular weight is 387 g/mol. The smallest absolute Gasteiger partial charge is 0.246 e. The highest BCUT2D eigenvalue weighted by atomic mass is 35.5. The third kappa shape index (κ3) is 3.78. The van der Waals surface area contributed by atoms with Crippen molar-refractivity contribution in [3.63, 3.8) is 0 Å². The number of hydrogen-bond donors (Lipinski definition) is 1. The largest absolute Gasteiger partial charge is 0.353 e. The summed E-state index contributed by atoms with van der Waals surface area (Å²) in [4.78, 5) is 20.8. The van der Waals surface area contributed by atoms with Crippen LogP contribution in [0.4, 0.5) is 5.69 Å². The Hall–Kier alpha value is -2.54. The summed E-state index contributed by atoms with van der Waals surface area (Å²) < 4.78 is 1.71. The molecule has 1 aromatic heterocycles. The molecule has 0 bridgehead atoms. The van der Waals surface area contributed by atoms with E-state index in [0.29, 0.717) is 25.0 Å². The van der Waals surface area contributed by atoms with Gasteiger partial charge in [0.2, 0.25) is 5.91 Å². The van der Waals surface area contributed by atoms with Crippen LogP contribution < -0.4 is 10.2 Å². The molecule has 2 heterocycles. The van der Waals surface area contributed by atoms with Crippen molar-refractivity contribution in [1.29, 1.82) is 0 Å². The molecule has 27 heavy (non-hydrogen) atoms. The van der Waals surface area contributed by atoms with Crippen molar-refractivity contribution in [2.45, 2.75) is 18.4 Å². The molecule has 2 aromatic rings. The van der Waals surface area contributed by atoms with Gasteiger partial charge >= 0.3 is 0 Å². The van der Waals surface area contributed by atoms with Crippen LogP contribution in [0.25, 0.3) is 0 Å². The highest BCUT2D eigenvalue weighted by Crippen LogP contribution is 2.41. The molecule has 0 radical (unpaired) electrons. The number of nitrogens with zero attached hydrogens (tertiary/aromatic N) is 5. The number of carbonyl (C=O) groups excluding carboxylic acids is 1. The second kappa shape index (κ2) is 7.23. The second-order valence-electron chi connectivity index (χ2n) is 7.03. The number of guanidine groups is 1. The zero-order valence-corrected chi connectivity index (χ0v) is 16.2. The van der Waals surface area contributed by atoms with Crippen molar-refractivity contribution in [3.05, 3.63) is 47.2 Å². The van der Waals surface area contributed by atoms with Crippen LogP contribution in [-0.2, 0) is 11.8 Å². The molecule has 142 valence electrons. The van der Waals surface area contributed by atoms with Gasteiger partial charge in [-0.25, -0.2) is 0 Å². The molecule has 1 aromatic carbocycles. The zero-order chi connectivity index (χ0) is 19.0. The first-order chi connectivity index (χ1) is 13.0. The third-order valence-corrected chi connectivity index (χ3v) is 5.35. The molecule has 1 saturated carbocycles. The maximum Gasteiger partial charge on any atom is 0.246 e. The fraction of sp³-hybridized carbons (Fsp3) is 0.421. The number of nitrogens with one attached hydrogen (secondary N) is 1. The number of piperazine rings is 1. The van der Waals surface area contributed by atoms with E-state index in [1.165, 1.54) is 5.56 Å². The van der Waals surface area contributed by atoms with Crippen LogP contribution in [0.15, 0.2) is 41.7 Å². The van der Waals surface area contributed by atoms with Crippen molar-refractivity contribution in [1.82, 2.24) is 20.0 Å². The fourth-order valence-corrected chi connectivity index (χ4v) is 3.80. The SMILES string of the molecule is CN=C(NC1CC1c1cccc(Cl)c1)N1CCN(c2cnn(C)c2)C(=O)C1. The van der Waals surface area contributed by atoms with E-state index in [-0.39, 0.29) is 5.91 Å². The topological polar surface area (TPSA) is 65.8 Å². The highest BCUT2D eigenvalue weighted by molar-refractivity contribution is 6.30. The van der Waals surface area contributed by atoms with Gasteiger partial charge in [-0.05, 0) is 24.1 Å². The van der Waals surface area contributed by atoms with Crippen molar-refractivity contribution in [2.24, 2.45) is 12.0 Å². The Balaban J connectivity index is 1.36. The van der Waals surface area contributed by atoms with Crippen LogP contribution in [0.3, 0.4) is 0 Å². The number of rotatable bonds is 3. The fourth-order valence-electron chi connectivity index (χ4n) is 3.60. The maximum atomic E-state index is 12.6. The monoisotopic (exact) mass is 386 g/mol. The van der Waals surface area contributed by atoms with Gasteiger partial charge in [0.25, 0.3) is 0 Å². The van der Waals surface area contributed by atoms with Gasteiger partial charge in [0.05, 0.1) is 11.9 Å². The minimum Gasteiger partial charge on any atom is -0.353 e. The molecule has 1 aliphatic carbocycles. The summed E-state index contributed by atoms with van der Waals surface area (Å²) in [6.45, 7) is 1.66. The molecule has 1 N–H and O–H groups in total. The van der Waals surface area contributed by atoms with Gasteiger partial charge in [-0.3, -0.25) is 14.5 Å². The Morgan fingerprint density at radius 1 is 1.37 bits per heavy atom. The quantitative estimate of drug-likeness (QED) is 0.646. The molecule has 1 amide bonds. The Morgan fingerprint density at radius 2 is 2.22 bits per heavy atom. The van der Waals surface area contributed by atoms with E-state index in [9.17, 15) is 4.79 Å². The lowest BCUT2D eigenvalue weighted by Crippen LogP contribution is -2.55. The van der Waals surface area contributed by atoms with Gasteiger partial charge in [0, 0.05) is 50.4 Å². The Kier molecular flexibility index (Phi) is 4.78. The summed E-state index contributed by atoms with van der Waals surface area (Å²) in [6.07, 6.45) is 4.63. The molecule has 1 aliphatic heterocycles. The van der Waals surface area contributed by atoms with Crippen LogP contribution >= 0.6 is 11.6 Å². The first-order valence-electron chi connectivity index (χ1n) is 9.08. The van der Waals surface area contributed by atoms with Crippen LogP contribution in [0.1, 0.15) is 17.9 Å². The lowest BCUT2D eigenvalue weighted by Gasteiger charge is -2.35. The summed E-state index contributed by atoms with van der Waals surface area (Å²) in [6, 6.07) is 8.33. The Morgan fingerprint density at radius 3 is 2.89 bits per heavy atom. The van der Waals surface area contributed by atoms with Crippen molar-refractivity contribution < 1.29 is 4.79 Å². The van der Waals surface area contributed by atoms with Crippen LogP contribution in [0.5, 0.6) is 0 Å². The summed E-state index contributed by atoms with van der Waals surface area (Å²) in [7, 11) is 3.61. The number of anilines is 1. The second-order valence-corrected chi connectivity index (χ2v) is 7.47. The minimum atomic E-state index is 0.0550. The Bertz CT molecular complexity index is 879. The lowest BCUT2D eigenvalue weighted by molar-refractivity contribution is -0.120. The normalized spacial score (nSPS) is 22.9. The third-order valence-electron chi connectivity index (χ3n) is 5.12. The summed E-state index contributed by atoms with van der Waals surface area (Å²) in [5.74, 6) is 1.27. The summed E-state index contributed by atoms with van der Waals surface area (Å²) in [5.41, 5.74) is 2.08. The first-order valence-corrected chi connectivity index (χ1v) is 9.45. The van der Waals surface area contributed by atoms with Crippen molar-refractivity contribution in [2.75, 3.05) is 31.6 Å². The first kappa shape index (κ1) is 17.9. The molecule has 8 heteroatoms. The van der Waals surface area contributed by atoms with Crippen molar-refractivity contribution in [3.8, 4) is 0 Å². The number of benzene rings is 1. The number of aryl methyl sites for hydroxylation is 1. The molecular formula is C19H23ClN6O. The van der Waals surface area contributed by atoms with E-state index in [2.05, 4.69) is 21.5 Å². The van der Waals surface area contributed by atoms with Gasteiger partial charge in [0.15, 0.2) is 5.96 Å². The predicted molar refractivity (Wildman–Crippen MR) is 106 cm³/mol. The number of amides is 1. The van der Waals surface area contributed by atoms with Gasteiger partial charge in [0.1, 0.15) is 6.54 Å². The molecule has 1 saturated heterocycles. The van der Waals surface area contributed by atoms with Crippen molar-refractivity contribution >= 4 is 29.2 Å². The summed E-state index contributed by atoms with van der Waals surface area (Å²) in [5, 5.41) is 8.42. The van der Waals surface area contributed by atoms with Gasteiger partial charge in [-0.1, -0.05) is 23.7 Å². The van der Waals surface area contributed by atoms with E-state index < -0.39 is 0 Å². The molecule has 7 nitrogen and oxygen atoms in total. The molecule has 2 aliphatic rings. The van der Waals surface area contributed by atoms with E-state index in [4.69, 9.17) is 11.6 Å². The van der Waals surface area contributed by atoms with Crippen LogP contribution in [0, 0.1) is 0 Å². The standard InChI is InChI=1S/C19H23ClN6O/c1-21-19(23-17-9-16(17)13-4-3-5-14(20)8-13)25-6-7-26(18(27)12-25)15-10-22-24(2)11-15/h3-5,8,10-11,16-17H,6-7,9,12H2,1-2H3,(H,21,23). The molecule has 2 unspecified atom stereocenters. The van der Waals surface area contributed by atoms with E-state index >= 15 is 0 Å².